The van der Waals surface area contributed by atoms with Gasteiger partial charge in [0.2, 0.25) is 0 Å². The Hall–Kier alpha value is -2.01. The van der Waals surface area contributed by atoms with Crippen molar-refractivity contribution in [1.82, 2.24) is 9.88 Å². The van der Waals surface area contributed by atoms with Gasteiger partial charge >= 0.3 is 0 Å². The fourth-order valence-electron chi connectivity index (χ4n) is 3.00. The predicted molar refractivity (Wildman–Crippen MR) is 83.2 cm³/mol. The van der Waals surface area contributed by atoms with E-state index < -0.39 is 0 Å². The standard InChI is InChI=1S/C16H21N3O2/c1-21-10-11-5-7-19(8-6-11)16(20)14-9-12-3-2-4-13(17)15(12)18-14/h2-4,9,11,18H,5-8,10,17H2,1H3. The molecule has 3 rings (SSSR count). The van der Waals surface area contributed by atoms with Crippen molar-refractivity contribution in [2.24, 2.45) is 5.92 Å². The fraction of sp³-hybridized carbons (Fsp3) is 0.438. The second kappa shape index (κ2) is 5.77. The maximum atomic E-state index is 12.6. The number of hydrogen-bond acceptors (Lipinski definition) is 3. The van der Waals surface area contributed by atoms with Gasteiger partial charge < -0.3 is 20.4 Å². The summed E-state index contributed by atoms with van der Waals surface area (Å²) < 4.78 is 5.19. The van der Waals surface area contributed by atoms with Crippen LogP contribution in [0, 0.1) is 5.92 Å². The number of carbonyl (C=O) groups excluding carboxylic acids is 1. The number of ether oxygens (including phenoxy) is 1. The average molecular weight is 287 g/mol. The van der Waals surface area contributed by atoms with Crippen molar-refractivity contribution in [3.8, 4) is 0 Å². The van der Waals surface area contributed by atoms with E-state index in [-0.39, 0.29) is 5.91 Å². The maximum Gasteiger partial charge on any atom is 0.270 e. The highest BCUT2D eigenvalue weighted by atomic mass is 16.5. The van der Waals surface area contributed by atoms with Crippen LogP contribution in [0.4, 0.5) is 5.69 Å². The molecule has 5 heteroatoms. The number of methoxy groups -OCH3 is 1. The number of nitrogens with zero attached hydrogens (tertiary/aromatic N) is 1. The van der Waals surface area contributed by atoms with Gasteiger partial charge in [0.1, 0.15) is 5.69 Å². The number of para-hydroxylation sites is 1. The average Bonchev–Trinajstić information content (AvgIpc) is 2.93. The number of amides is 1. The summed E-state index contributed by atoms with van der Waals surface area (Å²) in [6.45, 7) is 2.36. The largest absolute Gasteiger partial charge is 0.397 e. The normalized spacial score (nSPS) is 16.5. The fourth-order valence-corrected chi connectivity index (χ4v) is 3.00. The van der Waals surface area contributed by atoms with Gasteiger partial charge in [-0.3, -0.25) is 4.79 Å². The number of nitrogen functional groups attached to an aromatic ring is 1. The minimum atomic E-state index is 0.0569. The lowest BCUT2D eigenvalue weighted by Gasteiger charge is -2.31. The molecule has 1 aromatic heterocycles. The van der Waals surface area contributed by atoms with E-state index in [1.165, 1.54) is 0 Å². The molecule has 0 bridgehead atoms. The number of aromatic nitrogens is 1. The molecule has 1 amide bonds. The molecule has 3 N–H and O–H groups in total. The van der Waals surface area contributed by atoms with Crippen molar-refractivity contribution in [1.29, 1.82) is 0 Å². The Morgan fingerprint density at radius 1 is 1.43 bits per heavy atom. The van der Waals surface area contributed by atoms with Gasteiger partial charge in [0.15, 0.2) is 0 Å². The van der Waals surface area contributed by atoms with Gasteiger partial charge in [0.25, 0.3) is 5.91 Å². The van der Waals surface area contributed by atoms with Crippen LogP contribution in [0.25, 0.3) is 10.9 Å². The molecule has 0 saturated carbocycles. The third-order valence-electron chi connectivity index (χ3n) is 4.22. The Morgan fingerprint density at radius 3 is 2.86 bits per heavy atom. The number of nitrogens with one attached hydrogen (secondary N) is 1. The number of rotatable bonds is 3. The molecular weight excluding hydrogens is 266 g/mol. The predicted octanol–water partition coefficient (Wildman–Crippen LogP) is 2.25. The third-order valence-corrected chi connectivity index (χ3v) is 4.22. The molecule has 112 valence electrons. The van der Waals surface area contributed by atoms with E-state index in [0.29, 0.717) is 17.3 Å². The van der Waals surface area contributed by atoms with Gasteiger partial charge in [0.05, 0.1) is 11.2 Å². The lowest BCUT2D eigenvalue weighted by atomic mass is 9.97. The first-order valence-corrected chi connectivity index (χ1v) is 7.34. The summed E-state index contributed by atoms with van der Waals surface area (Å²) in [6, 6.07) is 7.58. The second-order valence-electron chi connectivity index (χ2n) is 5.69. The van der Waals surface area contributed by atoms with Crippen LogP contribution >= 0.6 is 0 Å². The summed E-state index contributed by atoms with van der Waals surface area (Å²) in [6.07, 6.45) is 2.00. The zero-order chi connectivity index (χ0) is 14.8. The molecule has 1 saturated heterocycles. The molecule has 5 nitrogen and oxygen atoms in total. The van der Waals surface area contributed by atoms with Crippen molar-refractivity contribution < 1.29 is 9.53 Å². The first-order chi connectivity index (χ1) is 10.2. The minimum absolute atomic E-state index is 0.0569. The molecule has 0 unspecified atom stereocenters. The lowest BCUT2D eigenvalue weighted by molar-refractivity contribution is 0.0609. The van der Waals surface area contributed by atoms with Crippen LogP contribution in [0.5, 0.6) is 0 Å². The third kappa shape index (κ3) is 2.74. The summed E-state index contributed by atoms with van der Waals surface area (Å²) in [4.78, 5) is 17.6. The Kier molecular flexibility index (Phi) is 3.84. The molecule has 2 heterocycles. The number of benzene rings is 1. The molecule has 1 aliphatic heterocycles. The monoisotopic (exact) mass is 287 g/mol. The first kappa shape index (κ1) is 13.9. The van der Waals surface area contributed by atoms with Crippen LogP contribution < -0.4 is 5.73 Å². The summed E-state index contributed by atoms with van der Waals surface area (Å²) in [5.74, 6) is 0.624. The van der Waals surface area contributed by atoms with Gasteiger partial charge in [-0.1, -0.05) is 12.1 Å². The van der Waals surface area contributed by atoms with Crippen molar-refractivity contribution in [2.45, 2.75) is 12.8 Å². The smallest absolute Gasteiger partial charge is 0.270 e. The molecule has 2 aromatic rings. The zero-order valence-corrected chi connectivity index (χ0v) is 12.3. The molecule has 1 aliphatic rings. The van der Waals surface area contributed by atoms with Crippen molar-refractivity contribution in [2.75, 3.05) is 32.5 Å². The Labute approximate surface area is 124 Å². The molecule has 0 spiro atoms. The van der Waals surface area contributed by atoms with Gasteiger partial charge in [-0.25, -0.2) is 0 Å². The molecule has 0 radical (unpaired) electrons. The van der Waals surface area contributed by atoms with Crippen LogP contribution in [0.15, 0.2) is 24.3 Å². The summed E-state index contributed by atoms with van der Waals surface area (Å²) in [5, 5.41) is 0.979. The van der Waals surface area contributed by atoms with E-state index in [2.05, 4.69) is 4.98 Å². The summed E-state index contributed by atoms with van der Waals surface area (Å²) >= 11 is 0. The topological polar surface area (TPSA) is 71.3 Å². The van der Waals surface area contributed by atoms with E-state index in [1.807, 2.05) is 29.2 Å². The van der Waals surface area contributed by atoms with Gasteiger partial charge in [-0.05, 0) is 30.9 Å². The molecule has 1 fully saturated rings. The molecule has 21 heavy (non-hydrogen) atoms. The highest BCUT2D eigenvalue weighted by Crippen LogP contribution is 2.24. The highest BCUT2D eigenvalue weighted by Gasteiger charge is 2.24. The quantitative estimate of drug-likeness (QED) is 0.851. The molecule has 0 atom stereocenters. The molecule has 0 aliphatic carbocycles. The summed E-state index contributed by atoms with van der Waals surface area (Å²) in [7, 11) is 1.73. The van der Waals surface area contributed by atoms with E-state index >= 15 is 0 Å². The zero-order valence-electron chi connectivity index (χ0n) is 12.3. The number of fused-ring (bicyclic) bond motifs is 1. The van der Waals surface area contributed by atoms with E-state index in [4.69, 9.17) is 10.5 Å². The SMILES string of the molecule is COCC1CCN(C(=O)c2cc3cccc(N)c3[nH]2)CC1. The van der Waals surface area contributed by atoms with Crippen molar-refractivity contribution in [3.63, 3.8) is 0 Å². The minimum Gasteiger partial charge on any atom is -0.397 e. The van der Waals surface area contributed by atoms with Crippen LogP contribution in [-0.2, 0) is 4.74 Å². The van der Waals surface area contributed by atoms with E-state index in [0.717, 1.165) is 43.4 Å². The van der Waals surface area contributed by atoms with Crippen LogP contribution in [-0.4, -0.2) is 42.6 Å². The highest BCUT2D eigenvalue weighted by molar-refractivity contribution is 6.00. The van der Waals surface area contributed by atoms with Crippen LogP contribution in [0.3, 0.4) is 0 Å². The number of carbonyl (C=O) groups is 1. The number of nitrogens with two attached hydrogens (primary N) is 1. The van der Waals surface area contributed by atoms with Gasteiger partial charge in [-0.2, -0.15) is 0 Å². The van der Waals surface area contributed by atoms with E-state index in [9.17, 15) is 4.79 Å². The number of H-pyrrole nitrogens is 1. The van der Waals surface area contributed by atoms with Gasteiger partial charge in [-0.15, -0.1) is 0 Å². The number of aromatic amines is 1. The van der Waals surface area contributed by atoms with E-state index in [1.54, 1.807) is 7.11 Å². The van der Waals surface area contributed by atoms with Crippen LogP contribution in [0.1, 0.15) is 23.3 Å². The Bertz CT molecular complexity index is 642. The lowest BCUT2D eigenvalue weighted by Crippen LogP contribution is -2.39. The first-order valence-electron chi connectivity index (χ1n) is 7.34. The molecule has 1 aromatic carbocycles. The second-order valence-corrected chi connectivity index (χ2v) is 5.69. The number of hydrogen-bond donors (Lipinski definition) is 2. The van der Waals surface area contributed by atoms with Gasteiger partial charge in [0, 0.05) is 32.2 Å². The number of piperidine rings is 1. The summed E-state index contributed by atoms with van der Waals surface area (Å²) in [5.41, 5.74) is 8.06. The van der Waals surface area contributed by atoms with Crippen LogP contribution in [0.2, 0.25) is 0 Å². The number of likely N-dealkylation sites (tertiary alicyclic amines) is 1. The Balaban J connectivity index is 1.74. The van der Waals surface area contributed by atoms with Crippen molar-refractivity contribution in [3.05, 3.63) is 30.0 Å². The number of anilines is 1. The van der Waals surface area contributed by atoms with Crippen molar-refractivity contribution >= 4 is 22.5 Å². The molecular formula is C16H21N3O2. The maximum absolute atomic E-state index is 12.6. The Morgan fingerprint density at radius 2 is 2.19 bits per heavy atom.